The van der Waals surface area contributed by atoms with Crippen LogP contribution in [0.2, 0.25) is 0 Å². The number of aromatic nitrogens is 4. The van der Waals surface area contributed by atoms with Gasteiger partial charge in [-0.05, 0) is 18.4 Å². The molecule has 3 heterocycles. The lowest BCUT2D eigenvalue weighted by Gasteiger charge is -1.98. The molecule has 3 rings (SSSR count). The fourth-order valence-electron chi connectivity index (χ4n) is 1.90. The summed E-state index contributed by atoms with van der Waals surface area (Å²) in [5.41, 5.74) is 2.46. The minimum atomic E-state index is -0.105. The van der Waals surface area contributed by atoms with Gasteiger partial charge in [-0.3, -0.25) is 9.48 Å². The van der Waals surface area contributed by atoms with Gasteiger partial charge in [0.05, 0.1) is 16.8 Å². The molecular formula is C11H10N4OS. The second kappa shape index (κ2) is 3.53. The van der Waals surface area contributed by atoms with Gasteiger partial charge in [-0.1, -0.05) is 6.07 Å². The van der Waals surface area contributed by atoms with Crippen LogP contribution in [0.4, 0.5) is 0 Å². The Morgan fingerprint density at radius 3 is 3.00 bits per heavy atom. The average molecular weight is 246 g/mol. The van der Waals surface area contributed by atoms with Crippen molar-refractivity contribution in [3.05, 3.63) is 34.3 Å². The molecule has 6 heteroatoms. The van der Waals surface area contributed by atoms with E-state index < -0.39 is 0 Å². The quantitative estimate of drug-likeness (QED) is 0.658. The minimum absolute atomic E-state index is 0.105. The van der Waals surface area contributed by atoms with Crippen LogP contribution in [0, 0.1) is 6.92 Å². The van der Waals surface area contributed by atoms with Crippen molar-refractivity contribution in [3.8, 4) is 0 Å². The molecule has 0 saturated carbocycles. The third-order valence-electron chi connectivity index (χ3n) is 2.67. The monoisotopic (exact) mass is 246 g/mol. The SMILES string of the molecule is Cc1nn(C)c2cnn(C(=O)c3cccs3)c12. The third kappa shape index (κ3) is 1.41. The molecule has 3 aromatic heterocycles. The lowest BCUT2D eigenvalue weighted by atomic mass is 10.3. The maximum absolute atomic E-state index is 12.2. The summed E-state index contributed by atoms with van der Waals surface area (Å²) >= 11 is 1.41. The summed E-state index contributed by atoms with van der Waals surface area (Å²) in [5.74, 6) is -0.105. The number of aryl methyl sites for hydroxylation is 2. The maximum Gasteiger partial charge on any atom is 0.288 e. The van der Waals surface area contributed by atoms with Crippen molar-refractivity contribution >= 4 is 28.3 Å². The third-order valence-corrected chi connectivity index (χ3v) is 3.52. The molecule has 0 aliphatic carbocycles. The molecule has 5 nitrogen and oxygen atoms in total. The number of rotatable bonds is 1. The summed E-state index contributed by atoms with van der Waals surface area (Å²) in [6.45, 7) is 1.88. The Kier molecular flexibility index (Phi) is 2.12. The van der Waals surface area contributed by atoms with Gasteiger partial charge >= 0.3 is 0 Å². The molecule has 0 amide bonds. The summed E-state index contributed by atoms with van der Waals surface area (Å²) < 4.78 is 3.15. The van der Waals surface area contributed by atoms with E-state index in [4.69, 9.17) is 0 Å². The highest BCUT2D eigenvalue weighted by Crippen LogP contribution is 2.19. The van der Waals surface area contributed by atoms with Crippen LogP contribution in [-0.2, 0) is 7.05 Å². The molecular weight excluding hydrogens is 236 g/mol. The molecule has 0 spiro atoms. The molecule has 3 aromatic rings. The van der Waals surface area contributed by atoms with Gasteiger partial charge in [-0.25, -0.2) is 0 Å². The first-order valence-corrected chi connectivity index (χ1v) is 6.02. The first-order valence-electron chi connectivity index (χ1n) is 5.14. The van der Waals surface area contributed by atoms with Gasteiger partial charge in [0, 0.05) is 7.05 Å². The van der Waals surface area contributed by atoms with Crippen LogP contribution in [0.15, 0.2) is 23.7 Å². The van der Waals surface area contributed by atoms with E-state index in [2.05, 4.69) is 10.2 Å². The van der Waals surface area contributed by atoms with Gasteiger partial charge in [0.2, 0.25) is 0 Å². The first-order chi connectivity index (χ1) is 8.18. The Balaban J connectivity index is 2.22. The highest BCUT2D eigenvalue weighted by atomic mass is 32.1. The van der Waals surface area contributed by atoms with Gasteiger partial charge in [-0.2, -0.15) is 14.9 Å². The molecule has 0 saturated heterocycles. The van der Waals surface area contributed by atoms with E-state index in [0.29, 0.717) is 4.88 Å². The lowest BCUT2D eigenvalue weighted by Crippen LogP contribution is -2.12. The van der Waals surface area contributed by atoms with Crippen molar-refractivity contribution in [1.29, 1.82) is 0 Å². The fraction of sp³-hybridized carbons (Fsp3) is 0.182. The van der Waals surface area contributed by atoms with Crippen LogP contribution in [-0.4, -0.2) is 25.5 Å². The highest BCUT2D eigenvalue weighted by molar-refractivity contribution is 7.12. The highest BCUT2D eigenvalue weighted by Gasteiger charge is 2.18. The van der Waals surface area contributed by atoms with E-state index in [1.165, 1.54) is 16.0 Å². The molecule has 0 fully saturated rings. The molecule has 0 unspecified atom stereocenters. The van der Waals surface area contributed by atoms with Crippen LogP contribution < -0.4 is 0 Å². The smallest absolute Gasteiger partial charge is 0.266 e. The van der Waals surface area contributed by atoms with Crippen molar-refractivity contribution in [2.75, 3.05) is 0 Å². The summed E-state index contributed by atoms with van der Waals surface area (Å²) in [7, 11) is 1.84. The van der Waals surface area contributed by atoms with Gasteiger partial charge in [-0.15, -0.1) is 11.3 Å². The van der Waals surface area contributed by atoms with Gasteiger partial charge in [0.25, 0.3) is 5.91 Å². The summed E-state index contributed by atoms with van der Waals surface area (Å²) in [4.78, 5) is 12.9. The van der Waals surface area contributed by atoms with Crippen LogP contribution in [0.3, 0.4) is 0 Å². The molecule has 0 atom stereocenters. The number of hydrogen-bond donors (Lipinski definition) is 0. The summed E-state index contributed by atoms with van der Waals surface area (Å²) in [6, 6.07) is 3.65. The van der Waals surface area contributed by atoms with E-state index in [1.54, 1.807) is 16.9 Å². The van der Waals surface area contributed by atoms with Crippen molar-refractivity contribution in [2.45, 2.75) is 6.92 Å². The second-order valence-corrected chi connectivity index (χ2v) is 4.73. The Hall–Kier alpha value is -1.95. The molecule has 0 aliphatic rings. The Labute approximate surface area is 101 Å². The lowest BCUT2D eigenvalue weighted by molar-refractivity contribution is 0.0954. The van der Waals surface area contributed by atoms with Crippen molar-refractivity contribution in [2.24, 2.45) is 7.05 Å². The molecule has 0 N–H and O–H groups in total. The zero-order chi connectivity index (χ0) is 12.0. The van der Waals surface area contributed by atoms with E-state index >= 15 is 0 Å². The number of carbonyl (C=O) groups is 1. The predicted octanol–water partition coefficient (Wildman–Crippen LogP) is 1.83. The standard InChI is InChI=1S/C11H10N4OS/c1-7-10-8(14(2)13-7)6-12-15(10)11(16)9-4-3-5-17-9/h3-6H,1-2H3. The van der Waals surface area contributed by atoms with Crippen LogP contribution in [0.5, 0.6) is 0 Å². The predicted molar refractivity (Wildman–Crippen MR) is 65.3 cm³/mol. The molecule has 86 valence electrons. The van der Waals surface area contributed by atoms with Crippen molar-refractivity contribution in [1.82, 2.24) is 19.6 Å². The summed E-state index contributed by atoms with van der Waals surface area (Å²) in [6.07, 6.45) is 1.67. The largest absolute Gasteiger partial charge is 0.288 e. The zero-order valence-electron chi connectivity index (χ0n) is 9.41. The van der Waals surface area contributed by atoms with Crippen LogP contribution in [0.1, 0.15) is 15.4 Å². The van der Waals surface area contributed by atoms with Crippen LogP contribution in [0.25, 0.3) is 11.0 Å². The van der Waals surface area contributed by atoms with Crippen LogP contribution >= 0.6 is 11.3 Å². The Morgan fingerprint density at radius 1 is 1.47 bits per heavy atom. The number of fused-ring (bicyclic) bond motifs is 1. The number of hydrogen-bond acceptors (Lipinski definition) is 4. The Bertz CT molecular complexity index is 693. The van der Waals surface area contributed by atoms with E-state index in [1.807, 2.05) is 25.4 Å². The van der Waals surface area contributed by atoms with E-state index in [0.717, 1.165) is 16.7 Å². The molecule has 0 aliphatic heterocycles. The fourth-order valence-corrected chi connectivity index (χ4v) is 2.55. The Morgan fingerprint density at radius 2 is 2.29 bits per heavy atom. The van der Waals surface area contributed by atoms with Crippen molar-refractivity contribution in [3.63, 3.8) is 0 Å². The minimum Gasteiger partial charge on any atom is -0.266 e. The van der Waals surface area contributed by atoms with Gasteiger partial charge in [0.15, 0.2) is 0 Å². The first kappa shape index (κ1) is 10.2. The van der Waals surface area contributed by atoms with Gasteiger partial charge < -0.3 is 0 Å². The topological polar surface area (TPSA) is 52.7 Å². The summed E-state index contributed by atoms with van der Waals surface area (Å²) in [5, 5.41) is 10.3. The zero-order valence-corrected chi connectivity index (χ0v) is 10.2. The maximum atomic E-state index is 12.2. The number of nitrogens with zero attached hydrogens (tertiary/aromatic N) is 4. The van der Waals surface area contributed by atoms with Gasteiger partial charge in [0.1, 0.15) is 11.0 Å². The average Bonchev–Trinajstić information content (AvgIpc) is 2.99. The number of thiophene rings is 1. The van der Waals surface area contributed by atoms with Crippen molar-refractivity contribution < 1.29 is 4.79 Å². The van der Waals surface area contributed by atoms with E-state index in [-0.39, 0.29) is 5.91 Å². The van der Waals surface area contributed by atoms with E-state index in [9.17, 15) is 4.79 Å². The normalized spacial score (nSPS) is 11.2. The molecule has 0 bridgehead atoms. The molecule has 0 radical (unpaired) electrons. The second-order valence-electron chi connectivity index (χ2n) is 3.78. The molecule has 0 aromatic carbocycles. The molecule has 17 heavy (non-hydrogen) atoms. The number of carbonyl (C=O) groups excluding carboxylic acids is 1.